The zero-order chi connectivity index (χ0) is 107. The number of rotatable bonds is 39. The first kappa shape index (κ1) is 124. The predicted octanol–water partition coefficient (Wildman–Crippen LogP) is 9.63. The summed E-state index contributed by atoms with van der Waals surface area (Å²) in [7, 11) is 1.45. The van der Waals surface area contributed by atoms with Crippen LogP contribution in [0, 0.1) is 20.8 Å². The standard InChI is InChI=1S/C19H18N2O3S.C15H19NO4S.C14H20N2O2S.C13H16N2O3S.C13H15NO5S.C13H15NO4S.C12H18N2O4S2/c22-17-11-20-18(23)16(21(17)12-14-7-3-1-4-8-14)13-25-19(24)15-9-5-2-6-10-15;1-4-20-14(18)13(16-11(3)17)9-21-15(19)12-7-5-10(2)6-8-12;1-10(17)16-12(13(15)18)9-19-14(2,3)11-7-5-4-6-8-11;1-8-3-5-10(6-4-8)13(18)19-7-11(12(14)17)15-9(2)16;1-8(15)14-10(12(16)17)7-20-13(18)9-5-3-4-6-11(9)19-2;1-8-3-5-10(6-4-8)13(18)19-7-11(12(16)17)14-9(2)15;1-4-18-11(16)9(13-7(2)15)5-20-12(17)10-6-19-8(3)14-10/h1-10,16H,11-13H2,(H,20,23);5-8,13H,4,9H2,1-3H3,(H,16,17);4-8,12H,9H2,1-3H3,(H2,15,18)(H,16,17);3-6,11H,7H2,1-2H3,(H2,14,17)(H,15,16);3-6,10H,7H2,1-2H3,(H,14,15)(H,16,17);3-6,11H,7H2,1-2H3,(H,14,15)(H,16,17);9-10,14H,3-6H2,1-2H3,(H,13,15)/t16-;13-;12-;11-;10-;11-;9-,10?/m0000000/s1. The van der Waals surface area contributed by atoms with Crippen LogP contribution in [0.1, 0.15) is 149 Å². The highest BCUT2D eigenvalue weighted by Gasteiger charge is 2.36. The molecule has 0 aliphatic carbocycles. The predicted molar refractivity (Wildman–Crippen MR) is 561 cm³/mol. The van der Waals surface area contributed by atoms with Crippen molar-refractivity contribution in [2.24, 2.45) is 11.5 Å². The summed E-state index contributed by atoms with van der Waals surface area (Å²) in [4.78, 5) is 231. The van der Waals surface area contributed by atoms with Crippen molar-refractivity contribution in [3.63, 3.8) is 0 Å². The quantitative estimate of drug-likeness (QED) is 0.0159. The van der Waals surface area contributed by atoms with Gasteiger partial charge < -0.3 is 83.3 Å². The molecule has 36 nitrogen and oxygen atoms in total. The van der Waals surface area contributed by atoms with Crippen LogP contribution in [0.15, 0.2) is 200 Å². The summed E-state index contributed by atoms with van der Waals surface area (Å²) in [5, 5.41) is 37.7. The number of carboxylic acids is 2. The number of ether oxygens (including phenoxy) is 3. The second-order valence-electron chi connectivity index (χ2n) is 31.1. The van der Waals surface area contributed by atoms with Gasteiger partial charge >= 0.3 is 23.9 Å². The Kier molecular flexibility index (Phi) is 58.2. The lowest BCUT2D eigenvalue weighted by molar-refractivity contribution is -0.146. The molecule has 2 heterocycles. The third kappa shape index (κ3) is 50.2. The molecule has 8 atom stereocenters. The molecule has 10 amide bonds. The Labute approximate surface area is 864 Å². The van der Waals surface area contributed by atoms with Crippen molar-refractivity contribution in [2.45, 2.75) is 150 Å². The van der Waals surface area contributed by atoms with Crippen LogP contribution in [0.2, 0.25) is 0 Å². The van der Waals surface area contributed by atoms with Crippen molar-refractivity contribution in [3.8, 4) is 5.75 Å². The minimum absolute atomic E-state index is 0.000530. The van der Waals surface area contributed by atoms with E-state index in [2.05, 4.69) is 63.0 Å². The Morgan fingerprint density at radius 2 is 0.797 bits per heavy atom. The van der Waals surface area contributed by atoms with E-state index in [0.29, 0.717) is 51.6 Å². The Bertz CT molecular complexity index is 5390. The second kappa shape index (κ2) is 66.9. The number of benzene rings is 7. The van der Waals surface area contributed by atoms with E-state index in [1.54, 1.807) is 115 Å². The lowest BCUT2D eigenvalue weighted by atomic mass is 10.0. The smallest absolute Gasteiger partial charge is 0.329 e. The first-order chi connectivity index (χ1) is 67.6. The molecular formula is C99H121N11O25S8. The number of piperazine rings is 1. The Morgan fingerprint density at radius 1 is 0.455 bits per heavy atom. The second-order valence-corrected chi connectivity index (χ2v) is 39.9. The Hall–Kier alpha value is -12.7. The first-order valence-corrected chi connectivity index (χ1v) is 51.8. The van der Waals surface area contributed by atoms with E-state index in [1.165, 1.54) is 66.0 Å². The van der Waals surface area contributed by atoms with Gasteiger partial charge in [-0.05, 0) is 71.7 Å². The number of hydrogen-bond acceptors (Lipinski definition) is 32. The van der Waals surface area contributed by atoms with Crippen molar-refractivity contribution in [2.75, 3.05) is 72.9 Å². The Balaban J connectivity index is 0.000000430. The topological polar surface area (TPSA) is 561 Å². The van der Waals surface area contributed by atoms with E-state index in [0.717, 1.165) is 97.9 Å². The molecule has 7 aromatic carbocycles. The number of para-hydroxylation sites is 1. The molecule has 0 saturated carbocycles. The maximum atomic E-state index is 12.3. The van der Waals surface area contributed by atoms with Gasteiger partial charge in [0.25, 0.3) is 0 Å². The monoisotopic (exact) mass is 2120 g/mol. The number of carbonyl (C=O) groups is 20. The molecule has 14 N–H and O–H groups in total. The number of primary amides is 2. The van der Waals surface area contributed by atoms with Crippen molar-refractivity contribution >= 4 is 208 Å². The average molecular weight is 2120 g/mol. The lowest BCUT2D eigenvalue weighted by Gasteiger charge is -2.34. The minimum atomic E-state index is -1.18. The van der Waals surface area contributed by atoms with Gasteiger partial charge in [0.2, 0.25) is 89.8 Å². The van der Waals surface area contributed by atoms with Gasteiger partial charge in [0.15, 0.2) is 0 Å². The van der Waals surface area contributed by atoms with Crippen LogP contribution >= 0.6 is 94.1 Å². The number of nitrogens with one attached hydrogen (secondary N) is 8. The van der Waals surface area contributed by atoms with Crippen LogP contribution in [0.25, 0.3) is 0 Å². The van der Waals surface area contributed by atoms with Gasteiger partial charge in [-0.15, -0.1) is 23.5 Å². The summed E-state index contributed by atoms with van der Waals surface area (Å²) >= 11 is 8.80. The van der Waals surface area contributed by atoms with E-state index < -0.39 is 89.8 Å². The van der Waals surface area contributed by atoms with Crippen LogP contribution in [-0.4, -0.2) is 250 Å². The number of aliphatic carboxylic acids is 2. The normalized spacial score (nSPS) is 13.8. The highest BCUT2D eigenvalue weighted by molar-refractivity contribution is 8.15. The number of thioether (sulfide) groups is 8. The van der Waals surface area contributed by atoms with E-state index in [4.69, 9.17) is 35.9 Å². The molecule has 2 saturated heterocycles. The van der Waals surface area contributed by atoms with Crippen molar-refractivity contribution < 1.29 is 120 Å². The molecule has 2 aliphatic heterocycles. The molecule has 143 heavy (non-hydrogen) atoms. The van der Waals surface area contributed by atoms with Gasteiger partial charge in [-0.3, -0.25) is 76.7 Å². The zero-order valence-electron chi connectivity index (χ0n) is 81.4. The van der Waals surface area contributed by atoms with Crippen LogP contribution in [0.3, 0.4) is 0 Å². The molecular weight excluding hydrogens is 2000 g/mol. The zero-order valence-corrected chi connectivity index (χ0v) is 87.9. The van der Waals surface area contributed by atoms with Gasteiger partial charge in [-0.1, -0.05) is 270 Å². The third-order valence-electron chi connectivity index (χ3n) is 18.9. The number of hydrogen-bond donors (Lipinski definition) is 12. The maximum absolute atomic E-state index is 12.3. The molecule has 2 aliphatic rings. The highest BCUT2D eigenvalue weighted by Crippen LogP contribution is 2.36. The van der Waals surface area contributed by atoms with E-state index in [-0.39, 0.29) is 131 Å². The SMILES string of the molecule is C=C1NC(C(=O)SC[C@H](NC(C)=O)C(=O)OCC)CS1.CC(=O)N[C@@H](CSC(=O)c1ccc(C)cc1)C(=O)O.CC(=O)N[C@@H](CSC(=O)c1ccc(C)cc1)C(N)=O.CC(=O)N[C@@H](CSC(C)(C)c1ccccc1)C(N)=O.CCOC(=O)[C@H](CSC(=O)c1ccc(C)cc1)NC(C)=O.COc1ccccc1C(=O)SC[C@H](NC(C)=O)C(=O)O.O=C(SC[C@H]1C(=O)NCC(=O)N1Cc1ccccc1)c1ccccc1. The summed E-state index contributed by atoms with van der Waals surface area (Å²) in [6, 6.07) is 50.3. The molecule has 44 heteroatoms. The van der Waals surface area contributed by atoms with E-state index in [9.17, 15) is 95.9 Å². The molecule has 9 rings (SSSR count). The maximum Gasteiger partial charge on any atom is 0.329 e. The van der Waals surface area contributed by atoms with Crippen LogP contribution in [0.4, 0.5) is 0 Å². The fourth-order valence-electron chi connectivity index (χ4n) is 11.6. The number of amides is 10. The van der Waals surface area contributed by atoms with Gasteiger partial charge in [0, 0.05) is 121 Å². The van der Waals surface area contributed by atoms with E-state index in [1.807, 2.05) is 124 Å². The average Bonchev–Trinajstić information content (AvgIpc) is 1.13. The first-order valence-electron chi connectivity index (χ1n) is 43.9. The molecule has 2 fully saturated rings. The number of nitrogens with zero attached hydrogens (tertiary/aromatic N) is 1. The fraction of sp³-hybridized carbons (Fsp3) is 0.354. The summed E-state index contributed by atoms with van der Waals surface area (Å²) < 4.78 is 14.7. The summed E-state index contributed by atoms with van der Waals surface area (Å²) in [6.07, 6.45) is 0. The summed E-state index contributed by atoms with van der Waals surface area (Å²) in [5.74, 6) is -4.94. The number of esters is 2. The molecule has 1 unspecified atom stereocenters. The highest BCUT2D eigenvalue weighted by atomic mass is 32.2. The van der Waals surface area contributed by atoms with Gasteiger partial charge in [0.1, 0.15) is 54.1 Å². The van der Waals surface area contributed by atoms with Gasteiger partial charge in [-0.2, -0.15) is 0 Å². The van der Waals surface area contributed by atoms with Crippen molar-refractivity contribution in [1.82, 2.24) is 47.4 Å². The molecule has 0 bridgehead atoms. The van der Waals surface area contributed by atoms with Crippen LogP contribution in [0.5, 0.6) is 5.75 Å². The van der Waals surface area contributed by atoms with Crippen LogP contribution in [-0.2, 0) is 92.7 Å². The van der Waals surface area contributed by atoms with Gasteiger partial charge in [0.05, 0.1) is 37.5 Å². The largest absolute Gasteiger partial charge is 0.496 e. The molecule has 770 valence electrons. The van der Waals surface area contributed by atoms with Crippen LogP contribution < -0.4 is 58.7 Å². The molecule has 0 radical (unpaired) electrons. The number of methoxy groups -OCH3 is 1. The number of carboxylic acid groups (broad SMARTS) is 2. The van der Waals surface area contributed by atoms with Crippen molar-refractivity contribution in [3.05, 3.63) is 255 Å². The number of carbonyl (C=O) groups excluding carboxylic acids is 18. The third-order valence-corrected chi connectivity index (χ3v) is 27.4. The minimum Gasteiger partial charge on any atom is -0.496 e. The van der Waals surface area contributed by atoms with Gasteiger partial charge in [-0.25, -0.2) is 19.2 Å². The van der Waals surface area contributed by atoms with E-state index >= 15 is 0 Å². The summed E-state index contributed by atoms with van der Waals surface area (Å²) in [6.45, 7) is 25.6. The summed E-state index contributed by atoms with van der Waals surface area (Å²) in [5.41, 5.74) is 18.3. The molecule has 0 aromatic heterocycles. The number of aryl methyl sites for hydroxylation is 3. The number of nitrogens with two attached hydrogens (primary N) is 2. The Morgan fingerprint density at radius 3 is 1.18 bits per heavy atom. The lowest BCUT2D eigenvalue weighted by Crippen LogP contribution is -2.59. The van der Waals surface area contributed by atoms with Crippen molar-refractivity contribution in [1.29, 1.82) is 0 Å². The molecule has 7 aromatic rings. The molecule has 0 spiro atoms. The fourth-order valence-corrected chi connectivity index (χ4v) is 18.9.